The number of carbonyl (C=O) groups is 1. The molecule has 1 aliphatic rings. The molecule has 0 spiro atoms. The van der Waals surface area contributed by atoms with Crippen molar-refractivity contribution in [2.24, 2.45) is 5.92 Å². The highest BCUT2D eigenvalue weighted by Crippen LogP contribution is 2.33. The summed E-state index contributed by atoms with van der Waals surface area (Å²) in [6.07, 6.45) is 0. The zero-order valence-corrected chi connectivity index (χ0v) is 15.2. The third-order valence-electron chi connectivity index (χ3n) is 3.50. The topological polar surface area (TPSA) is 91.2 Å². The van der Waals surface area contributed by atoms with E-state index in [1.54, 1.807) is 22.9 Å². The fourth-order valence-corrected chi connectivity index (χ4v) is 3.12. The highest BCUT2D eigenvalue weighted by molar-refractivity contribution is 8.00. The van der Waals surface area contributed by atoms with Gasteiger partial charge in [-0.3, -0.25) is 4.79 Å². The van der Waals surface area contributed by atoms with Gasteiger partial charge >= 0.3 is 0 Å². The van der Waals surface area contributed by atoms with Gasteiger partial charge in [-0.15, -0.1) is 5.10 Å². The van der Waals surface area contributed by atoms with Crippen molar-refractivity contribution in [2.45, 2.75) is 37.7 Å². The maximum Gasteiger partial charge on any atom is 0.237 e. The summed E-state index contributed by atoms with van der Waals surface area (Å²) in [6, 6.07) is 5.36. The SMILES string of the molecule is CC(C)Cn1nnnc1SC(C)C(=O)Nc1ccc2c(c1)OCCO2. The number of thioether (sulfide) groups is 1. The maximum absolute atomic E-state index is 12.5. The number of rotatable bonds is 6. The smallest absolute Gasteiger partial charge is 0.237 e. The average Bonchev–Trinajstić information content (AvgIpc) is 3.00. The van der Waals surface area contributed by atoms with E-state index in [0.717, 1.165) is 0 Å². The molecule has 8 nitrogen and oxygen atoms in total. The molecule has 2 heterocycles. The molecule has 0 saturated carbocycles. The minimum atomic E-state index is -0.342. The number of carbonyl (C=O) groups excluding carboxylic acids is 1. The van der Waals surface area contributed by atoms with E-state index in [4.69, 9.17) is 9.47 Å². The molecule has 0 fully saturated rings. The molecule has 9 heteroatoms. The third-order valence-corrected chi connectivity index (χ3v) is 4.57. The summed E-state index contributed by atoms with van der Waals surface area (Å²) in [5.41, 5.74) is 0.670. The molecule has 0 aliphatic carbocycles. The van der Waals surface area contributed by atoms with E-state index in [1.165, 1.54) is 11.8 Å². The molecule has 1 aromatic carbocycles. The van der Waals surface area contributed by atoms with Crippen molar-refractivity contribution < 1.29 is 14.3 Å². The number of hydrogen-bond acceptors (Lipinski definition) is 7. The molecule has 0 saturated heterocycles. The minimum Gasteiger partial charge on any atom is -0.486 e. The van der Waals surface area contributed by atoms with Crippen LogP contribution in [0.5, 0.6) is 11.5 Å². The van der Waals surface area contributed by atoms with Crippen molar-refractivity contribution >= 4 is 23.4 Å². The zero-order chi connectivity index (χ0) is 17.8. The monoisotopic (exact) mass is 363 g/mol. The second kappa shape index (κ2) is 7.73. The highest BCUT2D eigenvalue weighted by atomic mass is 32.2. The highest BCUT2D eigenvalue weighted by Gasteiger charge is 2.20. The maximum atomic E-state index is 12.5. The van der Waals surface area contributed by atoms with Crippen molar-refractivity contribution in [1.29, 1.82) is 0 Å². The summed E-state index contributed by atoms with van der Waals surface area (Å²) in [6.45, 7) is 7.77. The summed E-state index contributed by atoms with van der Waals surface area (Å²) in [5.74, 6) is 1.63. The zero-order valence-electron chi connectivity index (χ0n) is 14.4. The van der Waals surface area contributed by atoms with Crippen LogP contribution in [0.4, 0.5) is 5.69 Å². The summed E-state index contributed by atoms with van der Waals surface area (Å²) < 4.78 is 12.7. The lowest BCUT2D eigenvalue weighted by atomic mass is 10.2. The van der Waals surface area contributed by atoms with Crippen LogP contribution in [0.15, 0.2) is 23.4 Å². The van der Waals surface area contributed by atoms with Gasteiger partial charge in [-0.25, -0.2) is 4.68 Å². The van der Waals surface area contributed by atoms with Crippen molar-refractivity contribution in [1.82, 2.24) is 20.2 Å². The van der Waals surface area contributed by atoms with Gasteiger partial charge in [-0.2, -0.15) is 0 Å². The number of tetrazole rings is 1. The predicted octanol–water partition coefficient (Wildman–Crippen LogP) is 2.22. The fraction of sp³-hybridized carbons (Fsp3) is 0.500. The first kappa shape index (κ1) is 17.5. The molecule has 1 aliphatic heterocycles. The molecule has 1 atom stereocenters. The van der Waals surface area contributed by atoms with E-state index in [1.807, 2.05) is 6.92 Å². The Hall–Kier alpha value is -2.29. The number of nitrogens with zero attached hydrogens (tertiary/aromatic N) is 4. The van der Waals surface area contributed by atoms with Crippen molar-refractivity contribution in [3.63, 3.8) is 0 Å². The fourth-order valence-electron chi connectivity index (χ4n) is 2.32. The van der Waals surface area contributed by atoms with E-state index >= 15 is 0 Å². The molecule has 1 N–H and O–H groups in total. The van der Waals surface area contributed by atoms with Crippen LogP contribution in [0.3, 0.4) is 0 Å². The summed E-state index contributed by atoms with van der Waals surface area (Å²) >= 11 is 1.33. The predicted molar refractivity (Wildman–Crippen MR) is 94.0 cm³/mol. The third kappa shape index (κ3) is 4.41. The molecule has 1 aromatic heterocycles. The number of amides is 1. The standard InChI is InChI=1S/C16H21N5O3S/c1-10(2)9-21-16(18-19-20-21)25-11(3)15(22)17-12-4-5-13-14(8-12)24-7-6-23-13/h4-5,8,10-11H,6-7,9H2,1-3H3,(H,17,22). The summed E-state index contributed by atoms with van der Waals surface area (Å²) in [7, 11) is 0. The van der Waals surface area contributed by atoms with E-state index in [0.29, 0.717) is 48.0 Å². The molecule has 25 heavy (non-hydrogen) atoms. The number of anilines is 1. The Bertz CT molecular complexity index is 749. The lowest BCUT2D eigenvalue weighted by Crippen LogP contribution is -2.23. The number of hydrogen-bond donors (Lipinski definition) is 1. The normalized spacial score (nSPS) is 14.4. The van der Waals surface area contributed by atoms with Crippen LogP contribution in [-0.4, -0.2) is 44.6 Å². The van der Waals surface area contributed by atoms with E-state index in [2.05, 4.69) is 34.7 Å². The van der Waals surface area contributed by atoms with Gasteiger partial charge in [0.1, 0.15) is 13.2 Å². The summed E-state index contributed by atoms with van der Waals surface area (Å²) in [4.78, 5) is 12.5. The Balaban J connectivity index is 1.62. The van der Waals surface area contributed by atoms with Crippen LogP contribution in [0.2, 0.25) is 0 Å². The first-order valence-electron chi connectivity index (χ1n) is 8.16. The van der Waals surface area contributed by atoms with Crippen LogP contribution < -0.4 is 14.8 Å². The lowest BCUT2D eigenvalue weighted by Gasteiger charge is -2.19. The Labute approximate surface area is 150 Å². The molecule has 1 unspecified atom stereocenters. The molecule has 2 aromatic rings. The largest absolute Gasteiger partial charge is 0.486 e. The number of ether oxygens (including phenoxy) is 2. The van der Waals surface area contributed by atoms with Crippen LogP contribution in [-0.2, 0) is 11.3 Å². The lowest BCUT2D eigenvalue weighted by molar-refractivity contribution is -0.115. The van der Waals surface area contributed by atoms with E-state index in [-0.39, 0.29) is 11.2 Å². The van der Waals surface area contributed by atoms with Crippen LogP contribution >= 0.6 is 11.8 Å². The Morgan fingerprint density at radius 3 is 2.80 bits per heavy atom. The number of nitrogens with one attached hydrogen (secondary N) is 1. The van der Waals surface area contributed by atoms with Gasteiger partial charge in [0.25, 0.3) is 0 Å². The molecule has 134 valence electrons. The van der Waals surface area contributed by atoms with Crippen molar-refractivity contribution in [3.05, 3.63) is 18.2 Å². The minimum absolute atomic E-state index is 0.124. The summed E-state index contributed by atoms with van der Waals surface area (Å²) in [5, 5.41) is 14.9. The Kier molecular flexibility index (Phi) is 5.42. The Morgan fingerprint density at radius 1 is 1.28 bits per heavy atom. The first-order chi connectivity index (χ1) is 12.0. The molecular weight excluding hydrogens is 342 g/mol. The van der Waals surface area contributed by atoms with Gasteiger partial charge < -0.3 is 14.8 Å². The first-order valence-corrected chi connectivity index (χ1v) is 9.04. The molecule has 0 bridgehead atoms. The van der Waals surface area contributed by atoms with Crippen LogP contribution in [0.1, 0.15) is 20.8 Å². The Morgan fingerprint density at radius 2 is 2.04 bits per heavy atom. The second-order valence-corrected chi connectivity index (χ2v) is 7.45. The van der Waals surface area contributed by atoms with E-state index in [9.17, 15) is 4.79 Å². The van der Waals surface area contributed by atoms with E-state index < -0.39 is 0 Å². The van der Waals surface area contributed by atoms with Gasteiger partial charge in [-0.05, 0) is 35.4 Å². The number of benzene rings is 1. The molecular formula is C16H21N5O3S. The molecule has 1 amide bonds. The van der Waals surface area contributed by atoms with Crippen LogP contribution in [0.25, 0.3) is 0 Å². The quantitative estimate of drug-likeness (QED) is 0.787. The molecule has 3 rings (SSSR count). The average molecular weight is 363 g/mol. The number of fused-ring (bicyclic) bond motifs is 1. The van der Waals surface area contributed by atoms with Gasteiger partial charge in [0.05, 0.1) is 5.25 Å². The van der Waals surface area contributed by atoms with Crippen molar-refractivity contribution in [2.75, 3.05) is 18.5 Å². The molecule has 0 radical (unpaired) electrons. The second-order valence-electron chi connectivity index (χ2n) is 6.15. The van der Waals surface area contributed by atoms with Gasteiger partial charge in [0, 0.05) is 18.3 Å². The van der Waals surface area contributed by atoms with Gasteiger partial charge in [-0.1, -0.05) is 25.6 Å². The van der Waals surface area contributed by atoms with Crippen molar-refractivity contribution in [3.8, 4) is 11.5 Å². The van der Waals surface area contributed by atoms with Gasteiger partial charge in [0.15, 0.2) is 11.5 Å². The van der Waals surface area contributed by atoms with Gasteiger partial charge in [0.2, 0.25) is 11.1 Å². The van der Waals surface area contributed by atoms with Crippen LogP contribution in [0, 0.1) is 5.92 Å². The number of aromatic nitrogens is 4.